The lowest BCUT2D eigenvalue weighted by Crippen LogP contribution is -2.38. The molecule has 0 radical (unpaired) electrons. The Labute approximate surface area is 135 Å². The van der Waals surface area contributed by atoms with Crippen molar-refractivity contribution < 1.29 is 19.5 Å². The van der Waals surface area contributed by atoms with Crippen LogP contribution in [0.2, 0.25) is 0 Å². The lowest BCUT2D eigenvalue weighted by molar-refractivity contribution is -0.141. The Morgan fingerprint density at radius 2 is 2.04 bits per heavy atom. The summed E-state index contributed by atoms with van der Waals surface area (Å²) >= 11 is 0. The molecule has 23 heavy (non-hydrogen) atoms. The van der Waals surface area contributed by atoms with Crippen LogP contribution < -0.4 is 5.32 Å². The van der Waals surface area contributed by atoms with E-state index in [1.165, 1.54) is 0 Å². The number of aliphatic carboxylic acids is 1. The van der Waals surface area contributed by atoms with E-state index in [-0.39, 0.29) is 24.4 Å². The third kappa shape index (κ3) is 4.55. The Hall–Kier alpha value is -2.37. The number of carbonyl (C=O) groups excluding carboxylic acids is 2. The van der Waals surface area contributed by atoms with Gasteiger partial charge in [-0.3, -0.25) is 14.4 Å². The first-order valence-electron chi connectivity index (χ1n) is 7.86. The standard InChI is InChI=1S/C17H22N2O4/c1-3-15(20)18-13-6-4-5-12(9-13)16(21)19(14-7-8-14)10-11(2)17(22)23/h4-6,9,11,14H,3,7-8,10H2,1-2H3,(H,18,20)(H,22,23). The second-order valence-corrected chi connectivity index (χ2v) is 5.91. The molecule has 0 aromatic heterocycles. The third-order valence-corrected chi connectivity index (χ3v) is 3.86. The minimum absolute atomic E-state index is 0.117. The predicted molar refractivity (Wildman–Crippen MR) is 86.2 cm³/mol. The summed E-state index contributed by atoms with van der Waals surface area (Å²) in [5, 5.41) is 11.8. The monoisotopic (exact) mass is 318 g/mol. The Morgan fingerprint density at radius 3 is 2.61 bits per heavy atom. The number of nitrogens with zero attached hydrogens (tertiary/aromatic N) is 1. The molecule has 1 aliphatic rings. The molecule has 0 spiro atoms. The van der Waals surface area contributed by atoms with Crippen LogP contribution in [-0.2, 0) is 9.59 Å². The molecule has 6 heteroatoms. The maximum absolute atomic E-state index is 12.7. The van der Waals surface area contributed by atoms with E-state index in [0.29, 0.717) is 17.7 Å². The molecule has 2 rings (SSSR count). The average Bonchev–Trinajstić information content (AvgIpc) is 3.36. The molecule has 1 unspecified atom stereocenters. The molecule has 124 valence electrons. The van der Waals surface area contributed by atoms with Crippen LogP contribution in [0.4, 0.5) is 5.69 Å². The molecule has 1 saturated carbocycles. The molecule has 1 aromatic carbocycles. The summed E-state index contributed by atoms with van der Waals surface area (Å²) in [6.07, 6.45) is 2.18. The lowest BCUT2D eigenvalue weighted by atomic mass is 10.1. The van der Waals surface area contributed by atoms with Gasteiger partial charge in [0.1, 0.15) is 0 Å². The molecule has 1 aromatic rings. The van der Waals surface area contributed by atoms with Crippen molar-refractivity contribution in [3.63, 3.8) is 0 Å². The quantitative estimate of drug-likeness (QED) is 0.808. The van der Waals surface area contributed by atoms with Gasteiger partial charge in [0, 0.05) is 30.3 Å². The van der Waals surface area contributed by atoms with Gasteiger partial charge in [0.15, 0.2) is 0 Å². The largest absolute Gasteiger partial charge is 0.481 e. The molecule has 0 aliphatic heterocycles. The van der Waals surface area contributed by atoms with Crippen molar-refractivity contribution in [2.75, 3.05) is 11.9 Å². The molecule has 6 nitrogen and oxygen atoms in total. The van der Waals surface area contributed by atoms with Gasteiger partial charge in [-0.05, 0) is 31.0 Å². The summed E-state index contributed by atoms with van der Waals surface area (Å²) in [7, 11) is 0. The first kappa shape index (κ1) is 17.0. The van der Waals surface area contributed by atoms with Gasteiger partial charge < -0.3 is 15.3 Å². The fraction of sp³-hybridized carbons (Fsp3) is 0.471. The van der Waals surface area contributed by atoms with E-state index in [0.717, 1.165) is 12.8 Å². The number of hydrogen-bond acceptors (Lipinski definition) is 3. The van der Waals surface area contributed by atoms with Crippen molar-refractivity contribution in [1.82, 2.24) is 4.90 Å². The van der Waals surface area contributed by atoms with Gasteiger partial charge in [-0.25, -0.2) is 0 Å². The Balaban J connectivity index is 2.14. The molecule has 0 saturated heterocycles. The van der Waals surface area contributed by atoms with Crippen LogP contribution in [-0.4, -0.2) is 40.4 Å². The normalized spacial score (nSPS) is 14.9. The van der Waals surface area contributed by atoms with Gasteiger partial charge in [0.05, 0.1) is 5.92 Å². The van der Waals surface area contributed by atoms with Gasteiger partial charge >= 0.3 is 5.97 Å². The maximum atomic E-state index is 12.7. The first-order valence-corrected chi connectivity index (χ1v) is 7.86. The van der Waals surface area contributed by atoms with Crippen molar-refractivity contribution in [1.29, 1.82) is 0 Å². The molecule has 0 bridgehead atoms. The number of anilines is 1. The van der Waals surface area contributed by atoms with E-state index in [1.54, 1.807) is 43.0 Å². The topological polar surface area (TPSA) is 86.7 Å². The van der Waals surface area contributed by atoms with Crippen LogP contribution in [0.5, 0.6) is 0 Å². The van der Waals surface area contributed by atoms with Gasteiger partial charge in [-0.15, -0.1) is 0 Å². The van der Waals surface area contributed by atoms with E-state index in [9.17, 15) is 14.4 Å². The van der Waals surface area contributed by atoms with Gasteiger partial charge in [-0.2, -0.15) is 0 Å². The Morgan fingerprint density at radius 1 is 1.35 bits per heavy atom. The number of amides is 2. The number of hydrogen-bond donors (Lipinski definition) is 2. The van der Waals surface area contributed by atoms with Crippen molar-refractivity contribution in [2.24, 2.45) is 5.92 Å². The third-order valence-electron chi connectivity index (χ3n) is 3.86. The molecule has 1 aliphatic carbocycles. The van der Waals surface area contributed by atoms with Crippen molar-refractivity contribution >= 4 is 23.5 Å². The highest BCUT2D eigenvalue weighted by Gasteiger charge is 2.34. The molecule has 1 fully saturated rings. The van der Waals surface area contributed by atoms with Crippen LogP contribution in [0.1, 0.15) is 43.5 Å². The number of rotatable bonds is 7. The minimum Gasteiger partial charge on any atom is -0.481 e. The highest BCUT2D eigenvalue weighted by molar-refractivity contribution is 5.97. The maximum Gasteiger partial charge on any atom is 0.308 e. The number of carboxylic acids is 1. The number of carboxylic acid groups (broad SMARTS) is 1. The van der Waals surface area contributed by atoms with E-state index >= 15 is 0 Å². The van der Waals surface area contributed by atoms with E-state index in [4.69, 9.17) is 5.11 Å². The van der Waals surface area contributed by atoms with Crippen molar-refractivity contribution in [2.45, 2.75) is 39.2 Å². The van der Waals surface area contributed by atoms with E-state index in [2.05, 4.69) is 5.32 Å². The predicted octanol–water partition coefficient (Wildman–Crippen LogP) is 2.36. The van der Waals surface area contributed by atoms with E-state index in [1.807, 2.05) is 0 Å². The second kappa shape index (κ2) is 7.26. The summed E-state index contributed by atoms with van der Waals surface area (Å²) in [5.41, 5.74) is 1.04. The number of nitrogens with one attached hydrogen (secondary N) is 1. The second-order valence-electron chi connectivity index (χ2n) is 5.91. The summed E-state index contributed by atoms with van der Waals surface area (Å²) in [5.74, 6) is -1.82. The molecule has 1 atom stereocenters. The molecular weight excluding hydrogens is 296 g/mol. The van der Waals surface area contributed by atoms with Crippen LogP contribution in [0.25, 0.3) is 0 Å². The molecular formula is C17H22N2O4. The van der Waals surface area contributed by atoms with Gasteiger partial charge in [-0.1, -0.05) is 19.9 Å². The summed E-state index contributed by atoms with van der Waals surface area (Å²) in [6.45, 7) is 3.56. The Kier molecular flexibility index (Phi) is 5.36. The highest BCUT2D eigenvalue weighted by Crippen LogP contribution is 2.29. The van der Waals surface area contributed by atoms with E-state index < -0.39 is 11.9 Å². The zero-order valence-corrected chi connectivity index (χ0v) is 13.4. The number of benzene rings is 1. The molecule has 0 heterocycles. The molecule has 2 amide bonds. The van der Waals surface area contributed by atoms with Crippen LogP contribution in [0.15, 0.2) is 24.3 Å². The smallest absolute Gasteiger partial charge is 0.308 e. The average molecular weight is 318 g/mol. The van der Waals surface area contributed by atoms with Gasteiger partial charge in [0.25, 0.3) is 5.91 Å². The molecule has 2 N–H and O–H groups in total. The highest BCUT2D eigenvalue weighted by atomic mass is 16.4. The zero-order chi connectivity index (χ0) is 17.0. The summed E-state index contributed by atoms with van der Waals surface area (Å²) in [4.78, 5) is 36.9. The van der Waals surface area contributed by atoms with Crippen LogP contribution in [0.3, 0.4) is 0 Å². The van der Waals surface area contributed by atoms with Crippen LogP contribution in [0, 0.1) is 5.92 Å². The fourth-order valence-corrected chi connectivity index (χ4v) is 2.30. The zero-order valence-electron chi connectivity index (χ0n) is 13.4. The summed E-state index contributed by atoms with van der Waals surface area (Å²) in [6, 6.07) is 6.88. The first-order chi connectivity index (χ1) is 10.9. The minimum atomic E-state index is -0.910. The lowest BCUT2D eigenvalue weighted by Gasteiger charge is -2.24. The fourth-order valence-electron chi connectivity index (χ4n) is 2.30. The van der Waals surface area contributed by atoms with Gasteiger partial charge in [0.2, 0.25) is 5.91 Å². The SMILES string of the molecule is CCC(=O)Nc1cccc(C(=O)N(CC(C)C(=O)O)C2CC2)c1. The van der Waals surface area contributed by atoms with Crippen molar-refractivity contribution in [3.05, 3.63) is 29.8 Å². The summed E-state index contributed by atoms with van der Waals surface area (Å²) < 4.78 is 0. The Bertz CT molecular complexity index is 610. The van der Waals surface area contributed by atoms with Crippen molar-refractivity contribution in [3.8, 4) is 0 Å². The number of carbonyl (C=O) groups is 3. The van der Waals surface area contributed by atoms with Crippen LogP contribution >= 0.6 is 0 Å².